The predicted octanol–water partition coefficient (Wildman–Crippen LogP) is 2.24. The fourth-order valence-electron chi connectivity index (χ4n) is 2.24. The van der Waals surface area contributed by atoms with E-state index in [4.69, 9.17) is 14.2 Å². The molecule has 1 N–H and O–H groups in total. The minimum atomic E-state index is -0.0945. The quantitative estimate of drug-likeness (QED) is 0.777. The highest BCUT2D eigenvalue weighted by Crippen LogP contribution is 2.15. The topological polar surface area (TPSA) is 39.7 Å². The van der Waals surface area contributed by atoms with Crippen molar-refractivity contribution in [3.05, 3.63) is 30.3 Å². The van der Waals surface area contributed by atoms with E-state index in [9.17, 15) is 0 Å². The second-order valence-electron chi connectivity index (χ2n) is 5.72. The Morgan fingerprint density at radius 1 is 1.25 bits per heavy atom. The molecule has 0 bridgehead atoms. The van der Waals surface area contributed by atoms with Crippen molar-refractivity contribution in [2.45, 2.75) is 32.0 Å². The monoisotopic (exact) mass is 279 g/mol. The van der Waals surface area contributed by atoms with Crippen molar-refractivity contribution < 1.29 is 14.2 Å². The Kier molecular flexibility index (Phi) is 5.83. The first-order chi connectivity index (χ1) is 9.66. The molecule has 1 saturated heterocycles. The number of rotatable bonds is 7. The van der Waals surface area contributed by atoms with E-state index >= 15 is 0 Å². The van der Waals surface area contributed by atoms with Crippen LogP contribution >= 0.6 is 0 Å². The van der Waals surface area contributed by atoms with Gasteiger partial charge in [0.25, 0.3) is 0 Å². The molecular formula is C16H25NO3. The van der Waals surface area contributed by atoms with Crippen LogP contribution in [0, 0.1) is 0 Å². The highest BCUT2D eigenvalue weighted by molar-refractivity contribution is 5.20. The molecule has 20 heavy (non-hydrogen) atoms. The first-order valence-corrected chi connectivity index (χ1v) is 7.30. The van der Waals surface area contributed by atoms with Gasteiger partial charge in [-0.1, -0.05) is 18.2 Å². The zero-order valence-electron chi connectivity index (χ0n) is 12.4. The molecule has 0 amide bonds. The highest BCUT2D eigenvalue weighted by atomic mass is 16.5. The summed E-state index contributed by atoms with van der Waals surface area (Å²) in [5.74, 6) is 0.911. The molecule has 1 atom stereocenters. The van der Waals surface area contributed by atoms with Gasteiger partial charge in [0.1, 0.15) is 5.75 Å². The molecule has 0 spiro atoms. The zero-order valence-corrected chi connectivity index (χ0v) is 12.4. The fraction of sp³-hybridized carbons (Fsp3) is 0.625. The summed E-state index contributed by atoms with van der Waals surface area (Å²) in [7, 11) is 0. The van der Waals surface area contributed by atoms with Gasteiger partial charge in [-0.05, 0) is 26.0 Å². The summed E-state index contributed by atoms with van der Waals surface area (Å²) in [6.45, 7) is 7.98. The Hall–Kier alpha value is -1.10. The van der Waals surface area contributed by atoms with Crippen LogP contribution in [0.15, 0.2) is 30.3 Å². The van der Waals surface area contributed by atoms with Gasteiger partial charge >= 0.3 is 0 Å². The molecule has 1 fully saturated rings. The highest BCUT2D eigenvalue weighted by Gasteiger charge is 2.28. The summed E-state index contributed by atoms with van der Waals surface area (Å²) >= 11 is 0. The van der Waals surface area contributed by atoms with Crippen LogP contribution in [0.5, 0.6) is 5.75 Å². The Bertz CT molecular complexity index is 381. The third kappa shape index (κ3) is 5.49. The summed E-state index contributed by atoms with van der Waals surface area (Å²) in [4.78, 5) is 0. The number of ether oxygens (including phenoxy) is 3. The minimum Gasteiger partial charge on any atom is -0.494 e. The van der Waals surface area contributed by atoms with Gasteiger partial charge in [-0.25, -0.2) is 0 Å². The van der Waals surface area contributed by atoms with Crippen molar-refractivity contribution in [2.75, 3.05) is 32.9 Å². The SMILES string of the molecule is CC1(C)CNCC(COCCCOc2ccccc2)O1. The molecule has 1 unspecified atom stereocenters. The number of benzene rings is 1. The average Bonchev–Trinajstić information content (AvgIpc) is 2.43. The second kappa shape index (κ2) is 7.62. The first kappa shape index (κ1) is 15.3. The number of hydrogen-bond acceptors (Lipinski definition) is 4. The van der Waals surface area contributed by atoms with E-state index in [-0.39, 0.29) is 11.7 Å². The Morgan fingerprint density at radius 2 is 2.05 bits per heavy atom. The molecular weight excluding hydrogens is 254 g/mol. The molecule has 4 heteroatoms. The van der Waals surface area contributed by atoms with E-state index in [1.54, 1.807) is 0 Å². The standard InChI is InChI=1S/C16H25NO3/c1-16(2)13-17-11-15(20-16)12-18-9-6-10-19-14-7-4-3-5-8-14/h3-5,7-8,15,17H,6,9-13H2,1-2H3. The van der Waals surface area contributed by atoms with Crippen LogP contribution < -0.4 is 10.1 Å². The minimum absolute atomic E-state index is 0.0945. The molecule has 1 aliphatic heterocycles. The van der Waals surface area contributed by atoms with Crippen molar-refractivity contribution in [1.29, 1.82) is 0 Å². The Balaban J connectivity index is 1.51. The smallest absolute Gasteiger partial charge is 0.119 e. The molecule has 4 nitrogen and oxygen atoms in total. The number of hydrogen-bond donors (Lipinski definition) is 1. The van der Waals surface area contributed by atoms with Crippen molar-refractivity contribution >= 4 is 0 Å². The predicted molar refractivity (Wildman–Crippen MR) is 79.2 cm³/mol. The Labute approximate surface area is 121 Å². The van der Waals surface area contributed by atoms with Gasteiger partial charge in [0, 0.05) is 26.1 Å². The molecule has 0 aliphatic carbocycles. The van der Waals surface area contributed by atoms with Gasteiger partial charge in [0.15, 0.2) is 0 Å². The van der Waals surface area contributed by atoms with Crippen LogP contribution in [-0.2, 0) is 9.47 Å². The van der Waals surface area contributed by atoms with Gasteiger partial charge in [0.2, 0.25) is 0 Å². The van der Waals surface area contributed by atoms with Crippen LogP contribution in [0.1, 0.15) is 20.3 Å². The van der Waals surface area contributed by atoms with E-state index < -0.39 is 0 Å². The summed E-state index contributed by atoms with van der Waals surface area (Å²) in [6, 6.07) is 9.85. The summed E-state index contributed by atoms with van der Waals surface area (Å²) in [5.41, 5.74) is -0.0945. The maximum absolute atomic E-state index is 5.93. The van der Waals surface area contributed by atoms with E-state index in [1.165, 1.54) is 0 Å². The number of morpholine rings is 1. The van der Waals surface area contributed by atoms with Crippen LogP contribution in [0.4, 0.5) is 0 Å². The molecule has 1 aromatic rings. The fourth-order valence-corrected chi connectivity index (χ4v) is 2.24. The van der Waals surface area contributed by atoms with Gasteiger partial charge in [0.05, 0.1) is 24.9 Å². The molecule has 112 valence electrons. The lowest BCUT2D eigenvalue weighted by atomic mass is 10.1. The van der Waals surface area contributed by atoms with E-state index in [0.29, 0.717) is 19.8 Å². The van der Waals surface area contributed by atoms with Crippen LogP contribution in [0.2, 0.25) is 0 Å². The molecule has 1 aliphatic rings. The first-order valence-electron chi connectivity index (χ1n) is 7.30. The van der Waals surface area contributed by atoms with Crippen molar-refractivity contribution in [1.82, 2.24) is 5.32 Å². The van der Waals surface area contributed by atoms with Crippen LogP contribution in [-0.4, -0.2) is 44.6 Å². The zero-order chi connectivity index (χ0) is 14.3. The molecule has 0 radical (unpaired) electrons. The van der Waals surface area contributed by atoms with E-state index in [1.807, 2.05) is 30.3 Å². The van der Waals surface area contributed by atoms with Crippen molar-refractivity contribution in [3.8, 4) is 5.75 Å². The molecule has 1 heterocycles. The summed E-state index contributed by atoms with van der Waals surface area (Å²) in [6.07, 6.45) is 1.03. The largest absolute Gasteiger partial charge is 0.494 e. The average molecular weight is 279 g/mol. The normalized spacial score (nSPS) is 21.6. The molecule has 0 aromatic heterocycles. The summed E-state index contributed by atoms with van der Waals surface area (Å²) in [5, 5.41) is 3.37. The van der Waals surface area contributed by atoms with Gasteiger partial charge < -0.3 is 19.5 Å². The molecule has 1 aromatic carbocycles. The van der Waals surface area contributed by atoms with Gasteiger partial charge in [-0.3, -0.25) is 0 Å². The maximum Gasteiger partial charge on any atom is 0.119 e. The lowest BCUT2D eigenvalue weighted by Gasteiger charge is -2.36. The lowest BCUT2D eigenvalue weighted by molar-refractivity contribution is -0.120. The van der Waals surface area contributed by atoms with Gasteiger partial charge in [-0.15, -0.1) is 0 Å². The van der Waals surface area contributed by atoms with E-state index in [2.05, 4.69) is 19.2 Å². The lowest BCUT2D eigenvalue weighted by Crippen LogP contribution is -2.51. The molecule has 0 saturated carbocycles. The van der Waals surface area contributed by atoms with Gasteiger partial charge in [-0.2, -0.15) is 0 Å². The number of para-hydroxylation sites is 1. The van der Waals surface area contributed by atoms with Crippen LogP contribution in [0.3, 0.4) is 0 Å². The van der Waals surface area contributed by atoms with Crippen molar-refractivity contribution in [3.63, 3.8) is 0 Å². The third-order valence-electron chi connectivity index (χ3n) is 3.16. The summed E-state index contributed by atoms with van der Waals surface area (Å²) < 4.78 is 17.2. The van der Waals surface area contributed by atoms with Crippen molar-refractivity contribution in [2.24, 2.45) is 0 Å². The second-order valence-corrected chi connectivity index (χ2v) is 5.72. The maximum atomic E-state index is 5.93. The van der Waals surface area contributed by atoms with Crippen LogP contribution in [0.25, 0.3) is 0 Å². The van der Waals surface area contributed by atoms with E-state index in [0.717, 1.165) is 25.3 Å². The molecule has 2 rings (SSSR count). The number of nitrogens with one attached hydrogen (secondary N) is 1. The Morgan fingerprint density at radius 3 is 2.80 bits per heavy atom. The third-order valence-corrected chi connectivity index (χ3v) is 3.16.